The van der Waals surface area contributed by atoms with Crippen molar-refractivity contribution in [3.05, 3.63) is 59.4 Å². The fraction of sp³-hybridized carbons (Fsp3) is 0.350. The summed E-state index contributed by atoms with van der Waals surface area (Å²) >= 11 is 0. The van der Waals surface area contributed by atoms with E-state index >= 15 is 0 Å². The number of quaternary nitrogens is 1. The van der Waals surface area contributed by atoms with Crippen molar-refractivity contribution >= 4 is 21.6 Å². The van der Waals surface area contributed by atoms with E-state index in [9.17, 15) is 17.6 Å². The van der Waals surface area contributed by atoms with E-state index in [1.54, 1.807) is 0 Å². The van der Waals surface area contributed by atoms with Gasteiger partial charge in [-0.15, -0.1) is 0 Å². The summed E-state index contributed by atoms with van der Waals surface area (Å²) in [6.07, 6.45) is 0. The Labute approximate surface area is 165 Å². The molecule has 3 rings (SSSR count). The molecular weight excluding hydrogens is 381 g/mol. The van der Waals surface area contributed by atoms with E-state index in [0.717, 1.165) is 33.8 Å². The molecule has 8 heteroatoms. The Kier molecular flexibility index (Phi) is 6.12. The van der Waals surface area contributed by atoms with Crippen LogP contribution in [0.3, 0.4) is 0 Å². The topological polar surface area (TPSA) is 70.9 Å². The van der Waals surface area contributed by atoms with Crippen LogP contribution in [0, 0.1) is 19.7 Å². The molecule has 1 aliphatic heterocycles. The zero-order valence-corrected chi connectivity index (χ0v) is 16.9. The van der Waals surface area contributed by atoms with E-state index in [1.165, 1.54) is 16.4 Å². The van der Waals surface area contributed by atoms with Gasteiger partial charge >= 0.3 is 0 Å². The molecule has 1 fully saturated rings. The maximum Gasteiger partial charge on any atom is 0.279 e. The zero-order valence-electron chi connectivity index (χ0n) is 16.0. The number of sulfonamides is 1. The number of hydrogen-bond donors (Lipinski definition) is 2. The molecule has 0 spiro atoms. The van der Waals surface area contributed by atoms with Gasteiger partial charge in [-0.05, 0) is 61.4 Å². The molecule has 0 bridgehead atoms. The molecule has 2 aromatic carbocycles. The first-order chi connectivity index (χ1) is 13.2. The summed E-state index contributed by atoms with van der Waals surface area (Å²) in [5.41, 5.74) is 2.95. The Morgan fingerprint density at radius 2 is 1.64 bits per heavy atom. The van der Waals surface area contributed by atoms with E-state index in [-0.39, 0.29) is 17.3 Å². The van der Waals surface area contributed by atoms with Gasteiger partial charge in [0, 0.05) is 5.69 Å². The van der Waals surface area contributed by atoms with Crippen molar-refractivity contribution in [3.63, 3.8) is 0 Å². The first-order valence-corrected chi connectivity index (χ1v) is 10.7. The zero-order chi connectivity index (χ0) is 20.3. The van der Waals surface area contributed by atoms with E-state index in [0.29, 0.717) is 26.2 Å². The molecule has 2 N–H and O–H groups in total. The minimum absolute atomic E-state index is 0.0879. The molecule has 6 nitrogen and oxygen atoms in total. The lowest BCUT2D eigenvalue weighted by Gasteiger charge is -2.31. The highest BCUT2D eigenvalue weighted by Crippen LogP contribution is 2.16. The molecule has 0 unspecified atom stereocenters. The average molecular weight is 407 g/mol. The number of hydrogen-bond acceptors (Lipinski definition) is 3. The maximum atomic E-state index is 13.0. The molecule has 1 heterocycles. The fourth-order valence-corrected chi connectivity index (χ4v) is 4.90. The van der Waals surface area contributed by atoms with Crippen LogP contribution >= 0.6 is 0 Å². The van der Waals surface area contributed by atoms with E-state index < -0.39 is 15.8 Å². The van der Waals surface area contributed by atoms with Crippen molar-refractivity contribution in [2.24, 2.45) is 0 Å². The van der Waals surface area contributed by atoms with Crippen molar-refractivity contribution < 1.29 is 22.5 Å². The number of piperazine rings is 1. The van der Waals surface area contributed by atoms with Crippen molar-refractivity contribution in [1.82, 2.24) is 4.31 Å². The highest BCUT2D eigenvalue weighted by molar-refractivity contribution is 7.89. The number of amides is 1. The number of aryl methyl sites for hydroxylation is 2. The van der Waals surface area contributed by atoms with Crippen LogP contribution in [0.25, 0.3) is 0 Å². The quantitative estimate of drug-likeness (QED) is 0.778. The summed E-state index contributed by atoms with van der Waals surface area (Å²) < 4.78 is 39.7. The SMILES string of the molecule is Cc1cc(C)cc(NC(=O)C[NH+]2CCN(S(=O)(=O)c3ccc(F)cc3)CC2)c1. The molecular formula is C20H25FN3O3S+. The third-order valence-electron chi connectivity index (χ3n) is 4.80. The number of nitrogens with zero attached hydrogens (tertiary/aromatic N) is 1. The standard InChI is InChI=1S/C20H24FN3O3S/c1-15-11-16(2)13-18(12-15)22-20(25)14-23-7-9-24(10-8-23)28(26,27)19-5-3-17(21)4-6-19/h3-6,11-13H,7-10,14H2,1-2H3,(H,22,25)/p+1. The summed E-state index contributed by atoms with van der Waals surface area (Å²) in [5.74, 6) is -0.558. The van der Waals surface area contributed by atoms with Gasteiger partial charge in [0.05, 0.1) is 31.1 Å². The second-order valence-corrected chi connectivity index (χ2v) is 9.15. The van der Waals surface area contributed by atoms with E-state index in [2.05, 4.69) is 5.32 Å². The molecule has 0 radical (unpaired) electrons. The monoisotopic (exact) mass is 406 g/mol. The molecule has 1 aliphatic rings. The lowest BCUT2D eigenvalue weighted by atomic mass is 10.1. The molecule has 0 aliphatic carbocycles. The highest BCUT2D eigenvalue weighted by Gasteiger charge is 2.31. The number of halogens is 1. The van der Waals surface area contributed by atoms with E-state index in [4.69, 9.17) is 0 Å². The van der Waals surface area contributed by atoms with Crippen LogP contribution in [0.1, 0.15) is 11.1 Å². The molecule has 28 heavy (non-hydrogen) atoms. The van der Waals surface area contributed by atoms with Crippen LogP contribution in [0.15, 0.2) is 47.4 Å². The van der Waals surface area contributed by atoms with Gasteiger partial charge in [-0.3, -0.25) is 4.79 Å². The number of carbonyl (C=O) groups excluding carboxylic acids is 1. The summed E-state index contributed by atoms with van der Waals surface area (Å²) in [5, 5.41) is 2.92. The molecule has 1 saturated heterocycles. The average Bonchev–Trinajstić information content (AvgIpc) is 2.61. The van der Waals surface area contributed by atoms with Gasteiger partial charge in [-0.1, -0.05) is 6.07 Å². The Morgan fingerprint density at radius 3 is 2.21 bits per heavy atom. The number of nitrogens with one attached hydrogen (secondary N) is 2. The van der Waals surface area contributed by atoms with Crippen LogP contribution in [0.5, 0.6) is 0 Å². The van der Waals surface area contributed by atoms with Crippen molar-refractivity contribution in [1.29, 1.82) is 0 Å². The number of carbonyl (C=O) groups is 1. The van der Waals surface area contributed by atoms with Crippen LogP contribution in [0.4, 0.5) is 10.1 Å². The van der Waals surface area contributed by atoms with Gasteiger partial charge in [-0.2, -0.15) is 4.31 Å². The molecule has 1 amide bonds. The van der Waals surface area contributed by atoms with Crippen LogP contribution < -0.4 is 10.2 Å². The Balaban J connectivity index is 1.55. The maximum absolute atomic E-state index is 13.0. The third-order valence-corrected chi connectivity index (χ3v) is 6.71. The number of benzene rings is 2. The smallest absolute Gasteiger partial charge is 0.279 e. The second kappa shape index (κ2) is 8.38. The largest absolute Gasteiger partial charge is 0.325 e. The number of rotatable bonds is 5. The molecule has 0 aromatic heterocycles. The summed E-state index contributed by atoms with van der Waals surface area (Å²) in [6.45, 7) is 5.99. The Hall–Kier alpha value is -2.29. The molecule has 150 valence electrons. The van der Waals surface area contributed by atoms with Crippen molar-refractivity contribution in [2.45, 2.75) is 18.7 Å². The first kappa shape index (κ1) is 20.4. The van der Waals surface area contributed by atoms with Gasteiger partial charge in [0.1, 0.15) is 5.82 Å². The van der Waals surface area contributed by atoms with Crippen LogP contribution in [0.2, 0.25) is 0 Å². The summed E-state index contributed by atoms with van der Waals surface area (Å²) in [7, 11) is -3.64. The van der Waals surface area contributed by atoms with Gasteiger partial charge in [0.25, 0.3) is 5.91 Å². The van der Waals surface area contributed by atoms with Gasteiger partial charge < -0.3 is 10.2 Å². The Morgan fingerprint density at radius 1 is 1.07 bits per heavy atom. The number of anilines is 1. The van der Waals surface area contributed by atoms with E-state index in [1.807, 2.05) is 32.0 Å². The van der Waals surface area contributed by atoms with Gasteiger partial charge in [0.2, 0.25) is 10.0 Å². The summed E-state index contributed by atoms with van der Waals surface area (Å²) in [4.78, 5) is 13.5. The normalized spacial score (nSPS) is 16.1. The predicted octanol–water partition coefficient (Wildman–Crippen LogP) is 0.970. The van der Waals surface area contributed by atoms with Crippen LogP contribution in [-0.2, 0) is 14.8 Å². The second-order valence-electron chi connectivity index (χ2n) is 7.21. The predicted molar refractivity (Wildman–Crippen MR) is 105 cm³/mol. The lowest BCUT2D eigenvalue weighted by molar-refractivity contribution is -0.895. The van der Waals surface area contributed by atoms with Gasteiger partial charge in [-0.25, -0.2) is 12.8 Å². The highest BCUT2D eigenvalue weighted by atomic mass is 32.2. The minimum atomic E-state index is -3.64. The van der Waals surface area contributed by atoms with Crippen molar-refractivity contribution in [3.8, 4) is 0 Å². The van der Waals surface area contributed by atoms with Gasteiger partial charge in [0.15, 0.2) is 6.54 Å². The molecule has 0 saturated carbocycles. The fourth-order valence-electron chi connectivity index (χ4n) is 3.45. The third kappa shape index (κ3) is 4.95. The lowest BCUT2D eigenvalue weighted by Crippen LogP contribution is -3.15. The molecule has 2 aromatic rings. The minimum Gasteiger partial charge on any atom is -0.325 e. The summed E-state index contributed by atoms with van der Waals surface area (Å²) in [6, 6.07) is 10.7. The first-order valence-electron chi connectivity index (χ1n) is 9.21. The molecule has 0 atom stereocenters. The van der Waals surface area contributed by atoms with Crippen LogP contribution in [-0.4, -0.2) is 51.4 Å². The Bertz CT molecular complexity index is 933. The van der Waals surface area contributed by atoms with Crippen molar-refractivity contribution in [2.75, 3.05) is 38.0 Å².